The Hall–Kier alpha value is -1.60. The summed E-state index contributed by atoms with van der Waals surface area (Å²) in [6.07, 6.45) is 2.95. The van der Waals surface area contributed by atoms with Gasteiger partial charge in [0, 0.05) is 38.5 Å². The summed E-state index contributed by atoms with van der Waals surface area (Å²) in [7, 11) is 3.56. The van der Waals surface area contributed by atoms with Gasteiger partial charge in [0.2, 0.25) is 5.91 Å². The number of hydrogen-bond acceptors (Lipinski definition) is 4. The van der Waals surface area contributed by atoms with Gasteiger partial charge < -0.3 is 14.9 Å². The molecule has 1 saturated heterocycles. The number of fused-ring (bicyclic) bond motifs is 7. The monoisotopic (exact) mass is 518 g/mol. The molecular weight excluding hydrogens is 474 g/mol. The summed E-state index contributed by atoms with van der Waals surface area (Å²) in [4.78, 5) is 30.2. The van der Waals surface area contributed by atoms with Crippen LogP contribution in [0.1, 0.15) is 60.3 Å². The highest BCUT2D eigenvalue weighted by atomic mass is 19.1. The smallest absolute Gasteiger partial charge is 0.230 e. The molecule has 37 heavy (non-hydrogen) atoms. The molecule has 5 rings (SSSR count). The molecule has 5 nitrogen and oxygen atoms in total. The second-order valence-corrected chi connectivity index (χ2v) is 14.5. The fourth-order valence-electron chi connectivity index (χ4n) is 9.29. The number of nitrogens with zero attached hydrogens (tertiary/aromatic N) is 2. The number of aliphatic hydroxyl groups is 1. The van der Waals surface area contributed by atoms with E-state index in [4.69, 9.17) is 0 Å². The van der Waals surface area contributed by atoms with Crippen LogP contribution in [-0.2, 0) is 9.59 Å². The molecule has 0 radical (unpaired) electrons. The van der Waals surface area contributed by atoms with E-state index in [-0.39, 0.29) is 47.4 Å². The molecule has 0 spiro atoms. The van der Waals surface area contributed by atoms with Crippen LogP contribution in [0.4, 0.5) is 8.78 Å². The largest absolute Gasteiger partial charge is 0.390 e. The summed E-state index contributed by atoms with van der Waals surface area (Å²) < 4.78 is 33.3. The lowest BCUT2D eigenvalue weighted by Gasteiger charge is -2.63. The number of carbonyl (C=O) groups is 2. The van der Waals surface area contributed by atoms with E-state index in [1.54, 1.807) is 25.9 Å². The molecule has 0 aromatic carbocycles. The number of ketones is 1. The number of amides is 1. The van der Waals surface area contributed by atoms with Crippen LogP contribution in [0.2, 0.25) is 0 Å². The van der Waals surface area contributed by atoms with Crippen molar-refractivity contribution >= 4 is 11.7 Å². The van der Waals surface area contributed by atoms with Crippen molar-refractivity contribution in [2.75, 3.05) is 33.7 Å². The number of halogens is 2. The molecule has 1 aliphatic heterocycles. The number of aliphatic hydroxyl groups excluding tert-OH is 1. The van der Waals surface area contributed by atoms with Crippen molar-refractivity contribution in [3.8, 4) is 0 Å². The third-order valence-electron chi connectivity index (χ3n) is 11.2. The summed E-state index contributed by atoms with van der Waals surface area (Å²) in [6.45, 7) is 12.6. The van der Waals surface area contributed by atoms with Gasteiger partial charge in [0.25, 0.3) is 0 Å². The lowest BCUT2D eigenvalue weighted by Crippen LogP contribution is -2.70. The quantitative estimate of drug-likeness (QED) is 0.603. The minimum absolute atomic E-state index is 0.0261. The molecule has 0 bridgehead atoms. The van der Waals surface area contributed by atoms with Gasteiger partial charge in [-0.2, -0.15) is 0 Å². The first kappa shape index (κ1) is 27.0. The number of carbonyl (C=O) groups excluding carboxylic acids is 2. The Morgan fingerprint density at radius 1 is 1.22 bits per heavy atom. The number of rotatable bonds is 3. The van der Waals surface area contributed by atoms with Gasteiger partial charge in [0.05, 0.1) is 11.5 Å². The van der Waals surface area contributed by atoms with Crippen LogP contribution in [0.25, 0.3) is 0 Å². The number of alkyl halides is 2. The summed E-state index contributed by atoms with van der Waals surface area (Å²) in [6, 6.07) is 0. The first-order valence-electron chi connectivity index (χ1n) is 13.9. The van der Waals surface area contributed by atoms with Crippen molar-refractivity contribution in [1.82, 2.24) is 9.80 Å². The molecule has 0 aromatic heterocycles. The number of hydrogen-bond donors (Lipinski definition) is 1. The summed E-state index contributed by atoms with van der Waals surface area (Å²) >= 11 is 0. The maximum Gasteiger partial charge on any atom is 0.230 e. The number of likely N-dealkylation sites (tertiary alicyclic amines) is 1. The summed E-state index contributed by atoms with van der Waals surface area (Å²) in [5.41, 5.74) is -4.59. The molecule has 1 amide bonds. The summed E-state index contributed by atoms with van der Waals surface area (Å²) in [5, 5.41) is 11.7. The maximum absolute atomic E-state index is 17.5. The third kappa shape index (κ3) is 3.44. The first-order chi connectivity index (χ1) is 17.0. The molecule has 3 saturated carbocycles. The van der Waals surface area contributed by atoms with E-state index in [2.05, 4.69) is 32.6 Å². The van der Waals surface area contributed by atoms with Gasteiger partial charge in [-0.15, -0.1) is 0 Å². The van der Waals surface area contributed by atoms with Crippen molar-refractivity contribution in [3.63, 3.8) is 0 Å². The Morgan fingerprint density at radius 2 is 1.89 bits per heavy atom. The van der Waals surface area contributed by atoms with Crippen LogP contribution >= 0.6 is 0 Å². The van der Waals surface area contributed by atoms with Gasteiger partial charge >= 0.3 is 0 Å². The van der Waals surface area contributed by atoms with Crippen molar-refractivity contribution in [1.29, 1.82) is 0 Å². The fraction of sp³-hybridized carbons (Fsp3) is 0.800. The van der Waals surface area contributed by atoms with Crippen LogP contribution < -0.4 is 0 Å². The minimum Gasteiger partial charge on any atom is -0.390 e. The van der Waals surface area contributed by atoms with Gasteiger partial charge in [0.15, 0.2) is 11.5 Å². The Kier molecular flexibility index (Phi) is 5.98. The van der Waals surface area contributed by atoms with Gasteiger partial charge in [-0.1, -0.05) is 33.8 Å². The number of allylic oxidation sites excluding steroid dienone is 4. The van der Waals surface area contributed by atoms with E-state index in [1.807, 2.05) is 0 Å². The highest BCUT2D eigenvalue weighted by Crippen LogP contribution is 2.74. The van der Waals surface area contributed by atoms with Crippen LogP contribution in [0, 0.1) is 39.4 Å². The van der Waals surface area contributed by atoms with E-state index in [1.165, 1.54) is 18.2 Å². The highest BCUT2D eigenvalue weighted by Gasteiger charge is 2.78. The Labute approximate surface area is 220 Å². The first-order valence-corrected chi connectivity index (χ1v) is 13.9. The lowest BCUT2D eigenvalue weighted by atomic mass is 9.43. The molecule has 7 heteroatoms. The zero-order chi connectivity index (χ0) is 27.3. The predicted octanol–water partition coefficient (Wildman–Crippen LogP) is 4.36. The Morgan fingerprint density at radius 3 is 2.51 bits per heavy atom. The molecule has 5 aliphatic rings. The van der Waals surface area contributed by atoms with E-state index < -0.39 is 40.1 Å². The lowest BCUT2D eigenvalue weighted by molar-refractivity contribution is -0.213. The second-order valence-electron chi connectivity index (χ2n) is 14.5. The van der Waals surface area contributed by atoms with E-state index in [0.29, 0.717) is 13.0 Å². The zero-order valence-electron chi connectivity index (χ0n) is 23.5. The van der Waals surface area contributed by atoms with Crippen molar-refractivity contribution in [2.24, 2.45) is 39.4 Å². The summed E-state index contributed by atoms with van der Waals surface area (Å²) in [5.74, 6) is -1.24. The predicted molar refractivity (Wildman–Crippen MR) is 139 cm³/mol. The van der Waals surface area contributed by atoms with Crippen molar-refractivity contribution in [3.05, 3.63) is 23.8 Å². The molecule has 1 heterocycles. The third-order valence-corrected chi connectivity index (χ3v) is 11.2. The van der Waals surface area contributed by atoms with E-state index in [9.17, 15) is 14.7 Å². The maximum atomic E-state index is 17.5. The molecule has 4 fully saturated rings. The van der Waals surface area contributed by atoms with Crippen molar-refractivity contribution < 1.29 is 23.5 Å². The SMILES string of the molecule is CN(C)C(=O)[C@@]12CN(CCC(C)(C)C)C[C@@H]1CC1C3C[C@H](F)C4=CC(=O)C=C[C@]4(C)[C@@]3(F)C(O)C[C@@]12C. The molecular formula is C30H44F2N2O3. The van der Waals surface area contributed by atoms with Crippen LogP contribution in [0.15, 0.2) is 23.8 Å². The molecule has 1 N–H and O–H groups in total. The molecule has 0 aromatic rings. The minimum atomic E-state index is -2.10. The average molecular weight is 519 g/mol. The molecule has 4 aliphatic carbocycles. The Balaban J connectivity index is 1.57. The second kappa shape index (κ2) is 8.20. The standard InChI is InChI=1S/C30H44F2N2O3/c1-26(2,3)10-11-34-16-18-12-20-21-14-23(31)22-13-19(35)8-9-27(22,4)30(21,32)24(36)15-28(20,5)29(18,17-34)25(37)33(6)7/h8-9,13,18,20-21,23-24,36H,10-12,14-17H2,1-7H3/t18-,20?,21?,23-,24?,27-,28-,29+,30-/m0/s1. The normalized spacial score (nSPS) is 47.1. The van der Waals surface area contributed by atoms with Crippen molar-refractivity contribution in [2.45, 2.75) is 78.2 Å². The molecule has 9 atom stereocenters. The van der Waals surface area contributed by atoms with Gasteiger partial charge in [0.1, 0.15) is 6.17 Å². The van der Waals surface area contributed by atoms with Crippen LogP contribution in [0.5, 0.6) is 0 Å². The van der Waals surface area contributed by atoms with Crippen LogP contribution in [-0.4, -0.2) is 78.3 Å². The Bertz CT molecular complexity index is 1070. The highest BCUT2D eigenvalue weighted by molar-refractivity contribution is 6.01. The zero-order valence-corrected chi connectivity index (χ0v) is 23.5. The van der Waals surface area contributed by atoms with E-state index in [0.717, 1.165) is 19.5 Å². The van der Waals surface area contributed by atoms with Gasteiger partial charge in [-0.05, 0) is 79.5 Å². The van der Waals surface area contributed by atoms with E-state index >= 15 is 8.78 Å². The van der Waals surface area contributed by atoms with Gasteiger partial charge in [-0.25, -0.2) is 8.78 Å². The average Bonchev–Trinajstić information content (AvgIpc) is 3.27. The topological polar surface area (TPSA) is 60.9 Å². The van der Waals surface area contributed by atoms with Gasteiger partial charge in [-0.3, -0.25) is 9.59 Å². The van der Waals surface area contributed by atoms with Crippen LogP contribution in [0.3, 0.4) is 0 Å². The molecule has 206 valence electrons. The molecule has 3 unspecified atom stereocenters. The fourth-order valence-corrected chi connectivity index (χ4v) is 9.29.